The number of hydrogen-bond acceptors (Lipinski definition) is 5. The second kappa shape index (κ2) is 6.82. The van der Waals surface area contributed by atoms with Gasteiger partial charge < -0.3 is 15.2 Å². The van der Waals surface area contributed by atoms with Crippen LogP contribution in [0.3, 0.4) is 0 Å². The monoisotopic (exact) mass is 322 g/mol. The number of hydrogen-bond donors (Lipinski definition) is 2. The normalized spacial score (nSPS) is 17.4. The third-order valence-corrected chi connectivity index (χ3v) is 3.66. The number of nitrogens with one attached hydrogen (secondary N) is 2. The first-order valence-corrected chi connectivity index (χ1v) is 7.42. The van der Waals surface area contributed by atoms with E-state index in [0.717, 1.165) is 31.5 Å². The van der Waals surface area contributed by atoms with Crippen LogP contribution in [0.15, 0.2) is 22.7 Å². The van der Waals surface area contributed by atoms with Gasteiger partial charge in [0.1, 0.15) is 0 Å². The highest BCUT2D eigenvalue weighted by Crippen LogP contribution is 2.18. The lowest BCUT2D eigenvalue weighted by atomic mass is 10.2. The van der Waals surface area contributed by atoms with Crippen molar-refractivity contribution in [2.75, 3.05) is 13.1 Å². The predicted molar refractivity (Wildman–Crippen MR) is 77.4 cm³/mol. The smallest absolute Gasteiger partial charge is 0.237 e. The van der Waals surface area contributed by atoms with Gasteiger partial charge in [-0.3, -0.25) is 4.79 Å². The van der Waals surface area contributed by atoms with Crippen LogP contribution in [-0.4, -0.2) is 35.2 Å². The van der Waals surface area contributed by atoms with Crippen molar-refractivity contribution in [3.63, 3.8) is 0 Å². The van der Waals surface area contributed by atoms with E-state index >= 15 is 0 Å². The lowest BCUT2D eigenvalue weighted by Crippen LogP contribution is -2.41. The van der Waals surface area contributed by atoms with Crippen molar-refractivity contribution in [3.05, 3.63) is 35.7 Å². The Labute approximate surface area is 131 Å². The summed E-state index contributed by atoms with van der Waals surface area (Å²) in [4.78, 5) is 15.9. The van der Waals surface area contributed by atoms with Crippen LogP contribution in [0.2, 0.25) is 0 Å². The quantitative estimate of drug-likeness (QED) is 0.870. The number of benzene rings is 1. The van der Waals surface area contributed by atoms with Crippen molar-refractivity contribution < 1.29 is 18.1 Å². The summed E-state index contributed by atoms with van der Waals surface area (Å²) in [6.45, 7) is 1.23. The molecule has 0 radical (unpaired) electrons. The molecule has 0 aliphatic carbocycles. The Hall–Kier alpha value is -2.35. The minimum absolute atomic E-state index is 0.0390. The molecule has 1 aliphatic rings. The van der Waals surface area contributed by atoms with Gasteiger partial charge in [0.2, 0.25) is 17.6 Å². The van der Waals surface area contributed by atoms with Gasteiger partial charge >= 0.3 is 0 Å². The summed E-state index contributed by atoms with van der Waals surface area (Å²) >= 11 is 0. The van der Waals surface area contributed by atoms with Gasteiger partial charge in [-0.15, -0.1) is 0 Å². The van der Waals surface area contributed by atoms with Gasteiger partial charge in [-0.05, 0) is 37.6 Å². The lowest BCUT2D eigenvalue weighted by molar-refractivity contribution is -0.122. The first-order chi connectivity index (χ1) is 11.1. The highest BCUT2D eigenvalue weighted by atomic mass is 19.2. The fourth-order valence-corrected chi connectivity index (χ4v) is 2.43. The van der Waals surface area contributed by atoms with E-state index in [-0.39, 0.29) is 17.8 Å². The molecule has 122 valence electrons. The van der Waals surface area contributed by atoms with E-state index in [1.165, 1.54) is 6.07 Å². The van der Waals surface area contributed by atoms with Crippen molar-refractivity contribution in [1.82, 2.24) is 20.8 Å². The average Bonchev–Trinajstić information content (AvgIpc) is 3.21. The summed E-state index contributed by atoms with van der Waals surface area (Å²) in [5, 5.41) is 9.64. The molecule has 1 aliphatic heterocycles. The van der Waals surface area contributed by atoms with Gasteiger partial charge in [0.25, 0.3) is 0 Å². The number of carbonyl (C=O) groups is 1. The van der Waals surface area contributed by atoms with Gasteiger partial charge in [0, 0.05) is 18.5 Å². The number of aromatic nitrogens is 2. The van der Waals surface area contributed by atoms with Gasteiger partial charge in [0.05, 0.1) is 6.04 Å². The van der Waals surface area contributed by atoms with Crippen LogP contribution in [0, 0.1) is 11.6 Å². The molecule has 2 heterocycles. The Bertz CT molecular complexity index is 699. The molecule has 2 aromatic rings. The van der Waals surface area contributed by atoms with E-state index < -0.39 is 11.6 Å². The Morgan fingerprint density at radius 2 is 2.26 bits per heavy atom. The van der Waals surface area contributed by atoms with Crippen LogP contribution in [0.4, 0.5) is 8.78 Å². The maximum atomic E-state index is 13.2. The summed E-state index contributed by atoms with van der Waals surface area (Å²) in [5.41, 5.74) is 0.332. The van der Waals surface area contributed by atoms with Crippen molar-refractivity contribution in [1.29, 1.82) is 0 Å². The van der Waals surface area contributed by atoms with E-state index in [1.54, 1.807) is 0 Å². The van der Waals surface area contributed by atoms with E-state index in [4.69, 9.17) is 4.52 Å². The minimum Gasteiger partial charge on any atom is -0.354 e. The average molecular weight is 322 g/mol. The van der Waals surface area contributed by atoms with Crippen molar-refractivity contribution in [3.8, 4) is 11.4 Å². The van der Waals surface area contributed by atoms with Crippen LogP contribution in [0.25, 0.3) is 11.4 Å². The molecule has 1 aromatic heterocycles. The Kier molecular flexibility index (Phi) is 4.61. The van der Waals surface area contributed by atoms with Crippen LogP contribution in [-0.2, 0) is 11.2 Å². The molecule has 1 atom stereocenters. The predicted octanol–water partition coefficient (Wildman–Crippen LogP) is 1.43. The molecule has 3 rings (SSSR count). The molecule has 8 heteroatoms. The first-order valence-electron chi connectivity index (χ1n) is 7.42. The van der Waals surface area contributed by atoms with E-state index in [9.17, 15) is 13.6 Å². The molecule has 1 amide bonds. The van der Waals surface area contributed by atoms with Crippen molar-refractivity contribution in [2.24, 2.45) is 0 Å². The molecule has 0 bridgehead atoms. The zero-order chi connectivity index (χ0) is 16.2. The fraction of sp³-hybridized carbons (Fsp3) is 0.400. The number of nitrogens with zero attached hydrogens (tertiary/aromatic N) is 2. The molecule has 1 aromatic carbocycles. The summed E-state index contributed by atoms with van der Waals surface area (Å²) in [5.74, 6) is -1.43. The topological polar surface area (TPSA) is 80.1 Å². The lowest BCUT2D eigenvalue weighted by Gasteiger charge is -2.09. The minimum atomic E-state index is -0.967. The van der Waals surface area contributed by atoms with Gasteiger partial charge in [-0.25, -0.2) is 8.78 Å². The summed E-state index contributed by atoms with van der Waals surface area (Å²) in [7, 11) is 0. The van der Waals surface area contributed by atoms with Crippen molar-refractivity contribution >= 4 is 5.91 Å². The molecule has 0 spiro atoms. The van der Waals surface area contributed by atoms with Crippen molar-refractivity contribution in [2.45, 2.75) is 25.3 Å². The molecule has 6 nitrogen and oxygen atoms in total. The molecule has 1 unspecified atom stereocenters. The summed E-state index contributed by atoms with van der Waals surface area (Å²) in [6, 6.07) is 3.27. The highest BCUT2D eigenvalue weighted by Gasteiger charge is 2.21. The maximum absolute atomic E-state index is 13.2. The summed E-state index contributed by atoms with van der Waals surface area (Å²) < 4.78 is 31.2. The van der Waals surface area contributed by atoms with Gasteiger partial charge in [-0.2, -0.15) is 4.98 Å². The number of halogens is 2. The molecule has 2 N–H and O–H groups in total. The standard InChI is InChI=1S/C15H16F2N4O2/c16-10-4-3-9(8-11(10)17)14-20-13(23-21-14)5-7-19-15(22)12-2-1-6-18-12/h3-4,8,12,18H,1-2,5-7H2,(H,19,22). The summed E-state index contributed by atoms with van der Waals surface area (Å²) in [6.07, 6.45) is 2.21. The Morgan fingerprint density at radius 1 is 1.39 bits per heavy atom. The second-order valence-electron chi connectivity index (χ2n) is 5.33. The number of carbonyl (C=O) groups excluding carboxylic acids is 1. The Morgan fingerprint density at radius 3 is 3.00 bits per heavy atom. The van der Waals surface area contributed by atoms with E-state index in [0.29, 0.717) is 24.4 Å². The SMILES string of the molecule is O=C(NCCc1nc(-c2ccc(F)c(F)c2)no1)C1CCCN1. The molecule has 23 heavy (non-hydrogen) atoms. The largest absolute Gasteiger partial charge is 0.354 e. The van der Waals surface area contributed by atoms with E-state index in [2.05, 4.69) is 20.8 Å². The fourth-order valence-electron chi connectivity index (χ4n) is 2.43. The molecule has 1 saturated heterocycles. The van der Waals surface area contributed by atoms with Crippen LogP contribution >= 0.6 is 0 Å². The van der Waals surface area contributed by atoms with Crippen LogP contribution < -0.4 is 10.6 Å². The third kappa shape index (κ3) is 3.70. The third-order valence-electron chi connectivity index (χ3n) is 3.66. The molecular formula is C15H16F2N4O2. The zero-order valence-corrected chi connectivity index (χ0v) is 12.3. The van der Waals surface area contributed by atoms with Gasteiger partial charge in [0.15, 0.2) is 11.6 Å². The zero-order valence-electron chi connectivity index (χ0n) is 12.3. The van der Waals surface area contributed by atoms with Gasteiger partial charge in [-0.1, -0.05) is 5.16 Å². The highest BCUT2D eigenvalue weighted by molar-refractivity contribution is 5.81. The number of rotatable bonds is 5. The first kappa shape index (κ1) is 15.5. The molecule has 0 saturated carbocycles. The second-order valence-corrected chi connectivity index (χ2v) is 5.33. The molecule has 1 fully saturated rings. The van der Waals surface area contributed by atoms with Crippen LogP contribution in [0.5, 0.6) is 0 Å². The Balaban J connectivity index is 1.54. The van der Waals surface area contributed by atoms with Crippen LogP contribution in [0.1, 0.15) is 18.7 Å². The molecular weight excluding hydrogens is 306 g/mol. The van der Waals surface area contributed by atoms with E-state index in [1.807, 2.05) is 0 Å². The number of amides is 1. The maximum Gasteiger partial charge on any atom is 0.237 e.